The van der Waals surface area contributed by atoms with Crippen molar-refractivity contribution in [2.45, 2.75) is 38.8 Å². The molecule has 3 nitrogen and oxygen atoms in total. The van der Waals surface area contributed by atoms with Gasteiger partial charge >= 0.3 is 0 Å². The summed E-state index contributed by atoms with van der Waals surface area (Å²) in [5.74, 6) is 0.0868. The van der Waals surface area contributed by atoms with Crippen LogP contribution in [0.1, 0.15) is 26.7 Å². The van der Waals surface area contributed by atoms with Crippen molar-refractivity contribution in [1.82, 2.24) is 4.90 Å². The van der Waals surface area contributed by atoms with Gasteiger partial charge < -0.3 is 15.1 Å². The molecule has 0 aromatic rings. The molecule has 0 aliphatic carbocycles. The van der Waals surface area contributed by atoms with Crippen molar-refractivity contribution < 1.29 is 10.2 Å². The molecule has 0 aromatic carbocycles. The Morgan fingerprint density at radius 1 is 1.31 bits per heavy atom. The Morgan fingerprint density at radius 3 is 2.46 bits per heavy atom. The second-order valence-corrected chi connectivity index (χ2v) is 4.22. The van der Waals surface area contributed by atoms with E-state index in [1.54, 1.807) is 0 Å². The van der Waals surface area contributed by atoms with Gasteiger partial charge in [-0.2, -0.15) is 0 Å². The van der Waals surface area contributed by atoms with Gasteiger partial charge in [0.25, 0.3) is 0 Å². The molecule has 1 heterocycles. The van der Waals surface area contributed by atoms with Gasteiger partial charge in [0, 0.05) is 25.1 Å². The maximum atomic E-state index is 9.66. The standard InChI is InChI=1S/C10H21NO2/c1-8(2)11-5-3-9(7-12)10(13)4-6-11/h8-10,12-13H,3-7H2,1-2H3. The highest BCUT2D eigenvalue weighted by atomic mass is 16.3. The predicted molar refractivity (Wildman–Crippen MR) is 52.5 cm³/mol. The molecule has 0 saturated carbocycles. The quantitative estimate of drug-likeness (QED) is 0.660. The Balaban J connectivity index is 2.46. The molecule has 1 saturated heterocycles. The fourth-order valence-electron chi connectivity index (χ4n) is 1.90. The van der Waals surface area contributed by atoms with Crippen molar-refractivity contribution in [2.75, 3.05) is 19.7 Å². The highest BCUT2D eigenvalue weighted by Gasteiger charge is 2.24. The monoisotopic (exact) mass is 187 g/mol. The van der Waals surface area contributed by atoms with E-state index < -0.39 is 0 Å². The molecular formula is C10H21NO2. The maximum Gasteiger partial charge on any atom is 0.0603 e. The second-order valence-electron chi connectivity index (χ2n) is 4.22. The van der Waals surface area contributed by atoms with Crippen molar-refractivity contribution in [2.24, 2.45) is 5.92 Å². The summed E-state index contributed by atoms with van der Waals surface area (Å²) in [6.45, 7) is 6.42. The smallest absolute Gasteiger partial charge is 0.0603 e. The van der Waals surface area contributed by atoms with Crippen molar-refractivity contribution in [3.05, 3.63) is 0 Å². The minimum absolute atomic E-state index is 0.0868. The van der Waals surface area contributed by atoms with E-state index in [-0.39, 0.29) is 18.6 Å². The molecule has 0 bridgehead atoms. The van der Waals surface area contributed by atoms with E-state index in [1.807, 2.05) is 0 Å². The van der Waals surface area contributed by atoms with E-state index in [0.717, 1.165) is 25.9 Å². The summed E-state index contributed by atoms with van der Waals surface area (Å²) in [4.78, 5) is 2.36. The van der Waals surface area contributed by atoms with E-state index in [9.17, 15) is 5.11 Å². The van der Waals surface area contributed by atoms with Crippen LogP contribution in [-0.2, 0) is 0 Å². The van der Waals surface area contributed by atoms with Crippen LogP contribution in [0.3, 0.4) is 0 Å². The molecule has 78 valence electrons. The van der Waals surface area contributed by atoms with E-state index in [1.165, 1.54) is 0 Å². The van der Waals surface area contributed by atoms with Crippen molar-refractivity contribution in [1.29, 1.82) is 0 Å². The fourth-order valence-corrected chi connectivity index (χ4v) is 1.90. The highest BCUT2D eigenvalue weighted by molar-refractivity contribution is 4.77. The molecule has 13 heavy (non-hydrogen) atoms. The topological polar surface area (TPSA) is 43.7 Å². The third kappa shape index (κ3) is 2.93. The minimum atomic E-state index is -0.311. The Labute approximate surface area is 80.4 Å². The van der Waals surface area contributed by atoms with Crippen LogP contribution in [0.5, 0.6) is 0 Å². The van der Waals surface area contributed by atoms with E-state index >= 15 is 0 Å². The summed E-state index contributed by atoms with van der Waals surface area (Å²) >= 11 is 0. The van der Waals surface area contributed by atoms with Crippen LogP contribution < -0.4 is 0 Å². The molecule has 0 aromatic heterocycles. The van der Waals surface area contributed by atoms with Crippen LogP contribution in [0.2, 0.25) is 0 Å². The SMILES string of the molecule is CC(C)N1CCC(O)C(CO)CC1. The average Bonchev–Trinajstić information content (AvgIpc) is 2.27. The third-order valence-electron chi connectivity index (χ3n) is 3.01. The number of aliphatic hydroxyl groups is 2. The van der Waals surface area contributed by atoms with Crippen LogP contribution >= 0.6 is 0 Å². The molecule has 3 heteroatoms. The fraction of sp³-hybridized carbons (Fsp3) is 1.00. The lowest BCUT2D eigenvalue weighted by Crippen LogP contribution is -2.31. The number of nitrogens with zero attached hydrogens (tertiary/aromatic N) is 1. The number of aliphatic hydroxyl groups excluding tert-OH is 2. The van der Waals surface area contributed by atoms with E-state index in [0.29, 0.717) is 6.04 Å². The first kappa shape index (κ1) is 11.0. The van der Waals surface area contributed by atoms with Crippen LogP contribution in [-0.4, -0.2) is 47.0 Å². The number of likely N-dealkylation sites (tertiary alicyclic amines) is 1. The molecule has 2 N–H and O–H groups in total. The summed E-state index contributed by atoms with van der Waals surface area (Å²) in [5, 5.41) is 18.7. The van der Waals surface area contributed by atoms with Gasteiger partial charge in [-0.25, -0.2) is 0 Å². The molecule has 1 rings (SSSR count). The van der Waals surface area contributed by atoms with Gasteiger partial charge in [-0.05, 0) is 33.2 Å². The number of hydrogen-bond acceptors (Lipinski definition) is 3. The summed E-state index contributed by atoms with van der Waals surface area (Å²) in [6.07, 6.45) is 1.40. The van der Waals surface area contributed by atoms with Gasteiger partial charge in [-0.1, -0.05) is 0 Å². The first-order valence-electron chi connectivity index (χ1n) is 5.18. The van der Waals surface area contributed by atoms with Crippen molar-refractivity contribution in [3.63, 3.8) is 0 Å². The first-order chi connectivity index (χ1) is 6.15. The first-order valence-corrected chi connectivity index (χ1v) is 5.18. The van der Waals surface area contributed by atoms with Crippen molar-refractivity contribution >= 4 is 0 Å². The van der Waals surface area contributed by atoms with Crippen molar-refractivity contribution in [3.8, 4) is 0 Å². The zero-order valence-electron chi connectivity index (χ0n) is 8.61. The number of hydrogen-bond donors (Lipinski definition) is 2. The van der Waals surface area contributed by atoms with Gasteiger partial charge in [0.2, 0.25) is 0 Å². The van der Waals surface area contributed by atoms with Crippen LogP contribution in [0, 0.1) is 5.92 Å². The molecule has 2 atom stereocenters. The zero-order chi connectivity index (χ0) is 9.84. The largest absolute Gasteiger partial charge is 0.396 e. The molecule has 0 spiro atoms. The van der Waals surface area contributed by atoms with Gasteiger partial charge in [0.15, 0.2) is 0 Å². The summed E-state index contributed by atoms with van der Waals surface area (Å²) in [5.41, 5.74) is 0. The Hall–Kier alpha value is -0.120. The lowest BCUT2D eigenvalue weighted by molar-refractivity contribution is 0.0653. The normalized spacial score (nSPS) is 32.1. The summed E-state index contributed by atoms with van der Waals surface area (Å²) in [7, 11) is 0. The second kappa shape index (κ2) is 4.94. The van der Waals surface area contributed by atoms with Crippen LogP contribution in [0.4, 0.5) is 0 Å². The maximum absolute atomic E-state index is 9.66. The summed E-state index contributed by atoms with van der Waals surface area (Å²) < 4.78 is 0. The van der Waals surface area contributed by atoms with Gasteiger partial charge in [0.05, 0.1) is 6.10 Å². The molecular weight excluding hydrogens is 166 g/mol. The molecule has 0 amide bonds. The summed E-state index contributed by atoms with van der Waals surface area (Å²) in [6, 6.07) is 0.546. The predicted octanol–water partition coefficient (Wildman–Crippen LogP) is 0.460. The Bertz CT molecular complexity index is 150. The highest BCUT2D eigenvalue weighted by Crippen LogP contribution is 2.18. The van der Waals surface area contributed by atoms with Gasteiger partial charge in [0.1, 0.15) is 0 Å². The van der Waals surface area contributed by atoms with Gasteiger partial charge in [-0.3, -0.25) is 0 Å². The Kier molecular flexibility index (Phi) is 4.16. The average molecular weight is 187 g/mol. The van der Waals surface area contributed by atoms with E-state index in [4.69, 9.17) is 5.11 Å². The molecule has 0 radical (unpaired) electrons. The molecule has 1 aliphatic heterocycles. The Morgan fingerprint density at radius 2 is 1.92 bits per heavy atom. The number of rotatable bonds is 2. The molecule has 1 aliphatic rings. The van der Waals surface area contributed by atoms with E-state index in [2.05, 4.69) is 18.7 Å². The lowest BCUT2D eigenvalue weighted by Gasteiger charge is -2.24. The zero-order valence-corrected chi connectivity index (χ0v) is 8.61. The lowest BCUT2D eigenvalue weighted by atomic mass is 9.99. The molecule has 2 unspecified atom stereocenters. The van der Waals surface area contributed by atoms with Crippen LogP contribution in [0.25, 0.3) is 0 Å². The van der Waals surface area contributed by atoms with Gasteiger partial charge in [-0.15, -0.1) is 0 Å². The third-order valence-corrected chi connectivity index (χ3v) is 3.01. The minimum Gasteiger partial charge on any atom is -0.396 e. The van der Waals surface area contributed by atoms with Crippen LogP contribution in [0.15, 0.2) is 0 Å². The molecule has 1 fully saturated rings.